The van der Waals surface area contributed by atoms with Crippen molar-refractivity contribution in [1.29, 1.82) is 0 Å². The number of unbranched alkanes of at least 4 members (excludes halogenated alkanes) is 1. The van der Waals surface area contributed by atoms with E-state index in [1.165, 1.54) is 23.0 Å². The summed E-state index contributed by atoms with van der Waals surface area (Å²) in [4.78, 5) is 46.0. The van der Waals surface area contributed by atoms with Gasteiger partial charge in [0.05, 0.1) is 46.8 Å². The number of allylic oxidation sites excluding steroid dienone is 1. The number of hydrogen-bond acceptors (Lipinski definition) is 9. The normalized spacial score (nSPS) is 14.0. The standard InChI is InChI=1S/C44H40N4O6S/c1-5-6-23-53-36-22-21-33(24-28(36)2)39-34(26-47(46-39)35-15-11-8-12-16-35)25-37-41(49)48-40(31-17-19-32(20-18-31)42(50)52-4)38(29(3)45-44(48)55-37)43(51)54-27-30-13-9-7-10-14-30/h7-22,24-26,40H,5-6,23,27H2,1-4H3. The van der Waals surface area contributed by atoms with Gasteiger partial charge in [-0.1, -0.05) is 85.3 Å². The lowest BCUT2D eigenvalue weighted by Gasteiger charge is -2.25. The van der Waals surface area contributed by atoms with Gasteiger partial charge in [-0.2, -0.15) is 5.10 Å². The molecule has 0 fully saturated rings. The maximum absolute atomic E-state index is 14.6. The van der Waals surface area contributed by atoms with E-state index in [0.29, 0.717) is 38.5 Å². The number of nitrogens with zero attached hydrogens (tertiary/aromatic N) is 4. The number of para-hydroxylation sites is 1. The van der Waals surface area contributed by atoms with Crippen molar-refractivity contribution in [2.45, 2.75) is 46.3 Å². The Balaban J connectivity index is 1.34. The van der Waals surface area contributed by atoms with Crippen LogP contribution in [0.15, 0.2) is 130 Å². The van der Waals surface area contributed by atoms with Crippen LogP contribution in [0.3, 0.4) is 0 Å². The van der Waals surface area contributed by atoms with E-state index in [1.807, 2.05) is 98.1 Å². The van der Waals surface area contributed by atoms with Gasteiger partial charge in [-0.15, -0.1) is 0 Å². The van der Waals surface area contributed by atoms with Crippen LogP contribution >= 0.6 is 11.3 Å². The largest absolute Gasteiger partial charge is 0.493 e. The summed E-state index contributed by atoms with van der Waals surface area (Å²) in [6, 6.07) is 31.0. The molecule has 0 amide bonds. The molecule has 0 aliphatic carbocycles. The number of rotatable bonds is 12. The molecular weight excluding hydrogens is 713 g/mol. The van der Waals surface area contributed by atoms with Crippen molar-refractivity contribution in [1.82, 2.24) is 14.3 Å². The van der Waals surface area contributed by atoms with E-state index in [4.69, 9.17) is 24.3 Å². The van der Waals surface area contributed by atoms with E-state index in [9.17, 15) is 14.4 Å². The number of aromatic nitrogens is 3. The second-order valence-corrected chi connectivity index (χ2v) is 14.2. The number of thiazole rings is 1. The van der Waals surface area contributed by atoms with E-state index in [1.54, 1.807) is 35.9 Å². The molecule has 0 bridgehead atoms. The number of carbonyl (C=O) groups is 2. The van der Waals surface area contributed by atoms with Crippen LogP contribution in [0, 0.1) is 6.92 Å². The van der Waals surface area contributed by atoms with Gasteiger partial charge in [0, 0.05) is 17.3 Å². The van der Waals surface area contributed by atoms with Gasteiger partial charge in [-0.05, 0) is 85.5 Å². The van der Waals surface area contributed by atoms with Crippen LogP contribution in [-0.4, -0.2) is 40.0 Å². The van der Waals surface area contributed by atoms with Gasteiger partial charge in [0.25, 0.3) is 5.56 Å². The third-order valence-electron chi connectivity index (χ3n) is 9.36. The van der Waals surface area contributed by atoms with Gasteiger partial charge >= 0.3 is 11.9 Å². The molecule has 55 heavy (non-hydrogen) atoms. The summed E-state index contributed by atoms with van der Waals surface area (Å²) in [6.07, 6.45) is 5.76. The molecule has 4 aromatic carbocycles. The summed E-state index contributed by atoms with van der Waals surface area (Å²) in [6.45, 7) is 6.58. The van der Waals surface area contributed by atoms with Crippen LogP contribution < -0.4 is 19.6 Å². The Bertz CT molecular complexity index is 2570. The fourth-order valence-electron chi connectivity index (χ4n) is 6.47. The fourth-order valence-corrected chi connectivity index (χ4v) is 7.51. The number of fused-ring (bicyclic) bond motifs is 1. The summed E-state index contributed by atoms with van der Waals surface area (Å²) in [7, 11) is 1.31. The molecule has 278 valence electrons. The van der Waals surface area contributed by atoms with E-state index >= 15 is 0 Å². The Kier molecular flexibility index (Phi) is 11.0. The maximum atomic E-state index is 14.6. The quantitative estimate of drug-likeness (QED) is 0.0968. The number of carbonyl (C=O) groups excluding carboxylic acids is 2. The summed E-state index contributed by atoms with van der Waals surface area (Å²) in [5.41, 5.74) is 6.24. The zero-order valence-electron chi connectivity index (χ0n) is 31.0. The van der Waals surface area contributed by atoms with E-state index in [0.717, 1.165) is 46.5 Å². The van der Waals surface area contributed by atoms with Crippen molar-refractivity contribution in [2.75, 3.05) is 13.7 Å². The van der Waals surface area contributed by atoms with Crippen molar-refractivity contribution < 1.29 is 23.8 Å². The van der Waals surface area contributed by atoms with Crippen LogP contribution in [0.4, 0.5) is 0 Å². The van der Waals surface area contributed by atoms with Crippen LogP contribution in [0.2, 0.25) is 0 Å². The van der Waals surface area contributed by atoms with Crippen LogP contribution in [0.25, 0.3) is 23.0 Å². The zero-order chi connectivity index (χ0) is 38.5. The fraction of sp³-hybridized carbons (Fsp3) is 0.205. The number of ether oxygens (including phenoxy) is 3. The molecule has 1 unspecified atom stereocenters. The number of benzene rings is 4. The second-order valence-electron chi connectivity index (χ2n) is 13.2. The molecule has 0 spiro atoms. The van der Waals surface area contributed by atoms with Crippen LogP contribution in [0.5, 0.6) is 5.75 Å². The van der Waals surface area contributed by atoms with Crippen LogP contribution in [-0.2, 0) is 20.9 Å². The molecule has 6 aromatic rings. The van der Waals surface area contributed by atoms with Crippen molar-refractivity contribution in [3.8, 4) is 22.7 Å². The second kappa shape index (κ2) is 16.4. The number of methoxy groups -OCH3 is 1. The molecule has 1 atom stereocenters. The van der Waals surface area contributed by atoms with Gasteiger partial charge in [0.1, 0.15) is 18.1 Å². The number of esters is 2. The van der Waals surface area contributed by atoms with Crippen molar-refractivity contribution >= 4 is 29.4 Å². The first-order valence-electron chi connectivity index (χ1n) is 18.1. The molecule has 11 heteroatoms. The first-order valence-corrected chi connectivity index (χ1v) is 18.9. The molecule has 0 N–H and O–H groups in total. The monoisotopic (exact) mass is 752 g/mol. The topological polar surface area (TPSA) is 114 Å². The summed E-state index contributed by atoms with van der Waals surface area (Å²) < 4.78 is 20.5. The molecule has 7 rings (SSSR count). The van der Waals surface area contributed by atoms with Crippen molar-refractivity contribution in [2.24, 2.45) is 4.99 Å². The highest BCUT2D eigenvalue weighted by molar-refractivity contribution is 7.07. The minimum absolute atomic E-state index is 0.0500. The third-order valence-corrected chi connectivity index (χ3v) is 10.3. The lowest BCUT2D eigenvalue weighted by Crippen LogP contribution is -2.39. The van der Waals surface area contributed by atoms with Gasteiger partial charge in [-0.3, -0.25) is 9.36 Å². The minimum Gasteiger partial charge on any atom is -0.493 e. The Labute approximate surface area is 322 Å². The average Bonchev–Trinajstić information content (AvgIpc) is 3.77. The molecule has 1 aliphatic rings. The number of hydrogen-bond donors (Lipinski definition) is 0. The Morgan fingerprint density at radius 1 is 0.909 bits per heavy atom. The van der Waals surface area contributed by atoms with Crippen LogP contribution in [0.1, 0.15) is 65.3 Å². The van der Waals surface area contributed by atoms with E-state index < -0.39 is 18.0 Å². The number of aryl methyl sites for hydroxylation is 1. The first kappa shape index (κ1) is 37.0. The Hall–Kier alpha value is -6.33. The third kappa shape index (κ3) is 7.83. The lowest BCUT2D eigenvalue weighted by molar-refractivity contribution is -0.140. The molecule has 2 aromatic heterocycles. The predicted molar refractivity (Wildman–Crippen MR) is 212 cm³/mol. The molecule has 10 nitrogen and oxygen atoms in total. The molecule has 0 saturated heterocycles. The summed E-state index contributed by atoms with van der Waals surface area (Å²) in [5.74, 6) is -0.265. The van der Waals surface area contributed by atoms with Crippen molar-refractivity contribution in [3.63, 3.8) is 0 Å². The summed E-state index contributed by atoms with van der Waals surface area (Å²) >= 11 is 1.23. The predicted octanol–water partition coefficient (Wildman–Crippen LogP) is 7.11. The van der Waals surface area contributed by atoms with Gasteiger partial charge < -0.3 is 14.2 Å². The SMILES string of the molecule is CCCCOc1ccc(-c2nn(-c3ccccc3)cc2C=c2sc3n(c2=O)C(c2ccc(C(=O)OC)cc2)C(C(=O)OCc2ccccc2)=C(C)N=3)cc1C. The molecule has 3 heterocycles. The van der Waals surface area contributed by atoms with E-state index in [-0.39, 0.29) is 17.7 Å². The maximum Gasteiger partial charge on any atom is 0.338 e. The average molecular weight is 753 g/mol. The lowest BCUT2D eigenvalue weighted by atomic mass is 9.95. The Morgan fingerprint density at radius 3 is 2.33 bits per heavy atom. The molecule has 0 radical (unpaired) electrons. The highest BCUT2D eigenvalue weighted by Crippen LogP contribution is 2.32. The van der Waals surface area contributed by atoms with Gasteiger partial charge in [0.15, 0.2) is 4.80 Å². The first-order chi connectivity index (χ1) is 26.7. The van der Waals surface area contributed by atoms with Gasteiger partial charge in [0.2, 0.25) is 0 Å². The highest BCUT2D eigenvalue weighted by Gasteiger charge is 2.34. The van der Waals surface area contributed by atoms with Gasteiger partial charge in [-0.25, -0.2) is 19.3 Å². The van der Waals surface area contributed by atoms with E-state index in [2.05, 4.69) is 6.92 Å². The highest BCUT2D eigenvalue weighted by atomic mass is 32.1. The molecule has 0 saturated carbocycles. The zero-order valence-corrected chi connectivity index (χ0v) is 31.8. The molecule has 1 aliphatic heterocycles. The Morgan fingerprint density at radius 2 is 1.64 bits per heavy atom. The van der Waals surface area contributed by atoms with Crippen molar-refractivity contribution in [3.05, 3.63) is 168 Å². The minimum atomic E-state index is -0.872. The summed E-state index contributed by atoms with van der Waals surface area (Å²) in [5, 5.41) is 5.00. The smallest absolute Gasteiger partial charge is 0.338 e. The molecular formula is C44H40N4O6S.